The van der Waals surface area contributed by atoms with Crippen LogP contribution in [0.1, 0.15) is 22.7 Å². The lowest BCUT2D eigenvalue weighted by Crippen LogP contribution is -2.30. The second-order valence-electron chi connectivity index (χ2n) is 8.27. The number of amides is 1. The summed E-state index contributed by atoms with van der Waals surface area (Å²) in [5.74, 6) is -2.01. The minimum atomic E-state index is -0.992. The molecule has 1 amide bonds. The van der Waals surface area contributed by atoms with Crippen molar-refractivity contribution in [1.29, 1.82) is 0 Å². The van der Waals surface area contributed by atoms with Crippen LogP contribution in [-0.4, -0.2) is 32.1 Å². The highest BCUT2D eigenvalue weighted by Crippen LogP contribution is 2.43. The van der Waals surface area contributed by atoms with Crippen molar-refractivity contribution in [1.82, 2.24) is 10.2 Å². The zero-order valence-electron chi connectivity index (χ0n) is 19.7. The van der Waals surface area contributed by atoms with Crippen molar-refractivity contribution in [3.05, 3.63) is 119 Å². The second kappa shape index (κ2) is 11.0. The molecule has 0 saturated carbocycles. The van der Waals surface area contributed by atoms with Gasteiger partial charge in [-0.3, -0.25) is 14.5 Å². The summed E-state index contributed by atoms with van der Waals surface area (Å²) < 4.78 is 14.5. The van der Waals surface area contributed by atoms with Crippen LogP contribution in [0.25, 0.3) is 6.08 Å². The summed E-state index contributed by atoms with van der Waals surface area (Å²) in [5, 5.41) is 29.0. The molecule has 7 nitrogen and oxygen atoms in total. The van der Waals surface area contributed by atoms with Crippen LogP contribution in [0.2, 0.25) is 0 Å². The van der Waals surface area contributed by atoms with Gasteiger partial charge in [0.1, 0.15) is 11.6 Å². The van der Waals surface area contributed by atoms with E-state index in [9.17, 15) is 24.2 Å². The normalized spacial score (nSPS) is 15.6. The van der Waals surface area contributed by atoms with Gasteiger partial charge in [-0.2, -0.15) is 0 Å². The number of aliphatic hydroxyl groups is 1. The van der Waals surface area contributed by atoms with Crippen LogP contribution < -0.4 is 4.90 Å². The Kier molecular flexibility index (Phi) is 7.34. The number of aliphatic hydroxyl groups excluding tert-OH is 1. The van der Waals surface area contributed by atoms with E-state index in [-0.39, 0.29) is 22.3 Å². The molecule has 1 aliphatic heterocycles. The molecule has 0 fully saturated rings. The number of ketones is 1. The van der Waals surface area contributed by atoms with Gasteiger partial charge in [-0.1, -0.05) is 89.8 Å². The maximum absolute atomic E-state index is 14.0. The van der Waals surface area contributed by atoms with Crippen molar-refractivity contribution in [2.75, 3.05) is 4.90 Å². The van der Waals surface area contributed by atoms with Crippen molar-refractivity contribution >= 4 is 46.0 Å². The molecule has 5 rings (SSSR count). The van der Waals surface area contributed by atoms with E-state index >= 15 is 0 Å². The topological polar surface area (TPSA) is 104 Å². The first-order valence-electron chi connectivity index (χ1n) is 11.4. The number of aromatic nitrogens is 2. The van der Waals surface area contributed by atoms with Crippen LogP contribution in [-0.2, 0) is 15.3 Å². The van der Waals surface area contributed by atoms with Crippen LogP contribution in [0.5, 0.6) is 5.75 Å². The fourth-order valence-corrected chi connectivity index (χ4v) is 5.82. The Hall–Kier alpha value is -4.28. The first kappa shape index (κ1) is 25.4. The number of hydrogen-bond donors (Lipinski definition) is 2. The third-order valence-corrected chi connectivity index (χ3v) is 7.92. The Balaban J connectivity index is 1.46. The first-order chi connectivity index (χ1) is 18.4. The molecule has 0 spiro atoms. The Labute approximate surface area is 225 Å². The van der Waals surface area contributed by atoms with Gasteiger partial charge in [0.15, 0.2) is 15.9 Å². The van der Waals surface area contributed by atoms with E-state index in [1.165, 1.54) is 40.9 Å². The molecular weight excluding hydrogens is 525 g/mol. The largest absolute Gasteiger partial charge is 0.508 e. The SMILES string of the molecule is O=C(/C=C/c1ccccc1)C1=C(O)C(=O)N(c2nnc(SCc3ccccc3F)s2)C1c1ccc(O)cc1. The van der Waals surface area contributed by atoms with E-state index in [0.717, 1.165) is 16.9 Å². The zero-order chi connectivity index (χ0) is 26.6. The van der Waals surface area contributed by atoms with E-state index in [1.807, 2.05) is 30.3 Å². The maximum atomic E-state index is 14.0. The van der Waals surface area contributed by atoms with Gasteiger partial charge in [-0.15, -0.1) is 10.2 Å². The Morgan fingerprint density at radius 2 is 1.71 bits per heavy atom. The number of phenols is 1. The monoisotopic (exact) mass is 545 g/mol. The van der Waals surface area contributed by atoms with Gasteiger partial charge < -0.3 is 10.2 Å². The molecule has 1 unspecified atom stereocenters. The lowest BCUT2D eigenvalue weighted by atomic mass is 9.95. The first-order valence-corrected chi connectivity index (χ1v) is 13.3. The quantitative estimate of drug-likeness (QED) is 0.162. The van der Waals surface area contributed by atoms with Crippen LogP contribution in [0.4, 0.5) is 9.52 Å². The van der Waals surface area contributed by atoms with Crippen molar-refractivity contribution in [3.8, 4) is 5.75 Å². The molecule has 0 radical (unpaired) electrons. The van der Waals surface area contributed by atoms with Crippen molar-refractivity contribution in [3.63, 3.8) is 0 Å². The van der Waals surface area contributed by atoms with Gasteiger partial charge in [-0.05, 0) is 41.0 Å². The highest BCUT2D eigenvalue weighted by Gasteiger charge is 2.45. The summed E-state index contributed by atoms with van der Waals surface area (Å²) in [4.78, 5) is 27.8. The minimum absolute atomic E-state index is 0.0115. The molecule has 2 N–H and O–H groups in total. The van der Waals surface area contributed by atoms with E-state index in [2.05, 4.69) is 10.2 Å². The molecule has 0 aliphatic carbocycles. The number of halogens is 1. The van der Waals surface area contributed by atoms with E-state index < -0.39 is 23.5 Å². The number of hydrogen-bond acceptors (Lipinski definition) is 8. The van der Waals surface area contributed by atoms with Crippen LogP contribution in [0.15, 0.2) is 101 Å². The fraction of sp³-hybridized carbons (Fsp3) is 0.0714. The molecule has 4 aromatic rings. The second-order valence-corrected chi connectivity index (χ2v) is 10.4. The highest BCUT2D eigenvalue weighted by atomic mass is 32.2. The minimum Gasteiger partial charge on any atom is -0.508 e. The predicted octanol–water partition coefficient (Wildman–Crippen LogP) is 5.86. The lowest BCUT2D eigenvalue weighted by Gasteiger charge is -2.23. The summed E-state index contributed by atoms with van der Waals surface area (Å²) in [5.41, 5.74) is 1.67. The number of allylic oxidation sites excluding steroid dienone is 1. The van der Waals surface area contributed by atoms with E-state index in [4.69, 9.17) is 0 Å². The van der Waals surface area contributed by atoms with E-state index in [0.29, 0.717) is 21.2 Å². The maximum Gasteiger partial charge on any atom is 0.296 e. The highest BCUT2D eigenvalue weighted by molar-refractivity contribution is 8.00. The molecule has 3 aromatic carbocycles. The van der Waals surface area contributed by atoms with Gasteiger partial charge in [0, 0.05) is 5.75 Å². The Morgan fingerprint density at radius 3 is 2.45 bits per heavy atom. The third-order valence-electron chi connectivity index (χ3n) is 5.82. The van der Waals surface area contributed by atoms with Gasteiger partial charge in [-0.25, -0.2) is 4.39 Å². The van der Waals surface area contributed by atoms with Crippen molar-refractivity contribution < 1.29 is 24.2 Å². The van der Waals surface area contributed by atoms with Crippen molar-refractivity contribution in [2.45, 2.75) is 16.1 Å². The number of aromatic hydroxyl groups is 1. The summed E-state index contributed by atoms with van der Waals surface area (Å²) in [6, 6.07) is 20.6. The summed E-state index contributed by atoms with van der Waals surface area (Å²) in [7, 11) is 0. The van der Waals surface area contributed by atoms with E-state index in [1.54, 1.807) is 36.4 Å². The van der Waals surface area contributed by atoms with Crippen molar-refractivity contribution in [2.24, 2.45) is 0 Å². The predicted molar refractivity (Wildman–Crippen MR) is 144 cm³/mol. The summed E-state index contributed by atoms with van der Waals surface area (Å²) in [6.45, 7) is 0. The standard InChI is InChI=1S/C28H20FN3O4S2/c29-21-9-5-4-8-19(21)16-37-28-31-30-27(38-28)32-24(18-11-13-20(33)14-12-18)23(25(35)26(32)36)22(34)15-10-17-6-2-1-3-7-17/h1-15,24,33,35H,16H2/b15-10+. The number of rotatable bonds is 8. The average molecular weight is 546 g/mol. The number of benzene rings is 3. The number of anilines is 1. The summed E-state index contributed by atoms with van der Waals surface area (Å²) >= 11 is 2.35. The Bertz CT molecular complexity index is 1550. The number of carbonyl (C=O) groups excluding carboxylic acids is 2. The van der Waals surface area contributed by atoms with Gasteiger partial charge in [0.2, 0.25) is 5.13 Å². The molecule has 190 valence electrons. The molecule has 0 saturated heterocycles. The fourth-order valence-electron chi connectivity index (χ4n) is 3.97. The average Bonchev–Trinajstić information content (AvgIpc) is 3.50. The molecule has 2 heterocycles. The summed E-state index contributed by atoms with van der Waals surface area (Å²) in [6.07, 6.45) is 2.91. The number of thioether (sulfide) groups is 1. The molecular formula is C28H20FN3O4S2. The number of carbonyl (C=O) groups is 2. The number of phenolic OH excluding ortho intramolecular Hbond substituents is 1. The molecule has 10 heteroatoms. The molecule has 38 heavy (non-hydrogen) atoms. The number of nitrogens with zero attached hydrogens (tertiary/aromatic N) is 3. The molecule has 1 aliphatic rings. The third kappa shape index (κ3) is 5.22. The van der Waals surface area contributed by atoms with Gasteiger partial charge in [0.25, 0.3) is 5.91 Å². The van der Waals surface area contributed by atoms with Crippen LogP contribution in [0, 0.1) is 5.82 Å². The molecule has 1 aromatic heterocycles. The molecule has 1 atom stereocenters. The smallest absolute Gasteiger partial charge is 0.296 e. The molecule has 0 bridgehead atoms. The van der Waals surface area contributed by atoms with Crippen LogP contribution >= 0.6 is 23.1 Å². The Morgan fingerprint density at radius 1 is 1.00 bits per heavy atom. The zero-order valence-corrected chi connectivity index (χ0v) is 21.3. The lowest BCUT2D eigenvalue weighted by molar-refractivity contribution is -0.117. The van der Waals surface area contributed by atoms with Gasteiger partial charge in [0.05, 0.1) is 11.6 Å². The van der Waals surface area contributed by atoms with Gasteiger partial charge >= 0.3 is 0 Å². The van der Waals surface area contributed by atoms with Crippen LogP contribution in [0.3, 0.4) is 0 Å².